The fourth-order valence-electron chi connectivity index (χ4n) is 8.65. The van der Waals surface area contributed by atoms with Crippen LogP contribution in [-0.4, -0.2) is 94.4 Å². The van der Waals surface area contributed by atoms with Crippen molar-refractivity contribution < 1.29 is 19.0 Å². The van der Waals surface area contributed by atoms with Crippen molar-refractivity contribution in [1.29, 1.82) is 0 Å². The van der Waals surface area contributed by atoms with Crippen molar-refractivity contribution in [2.45, 2.75) is 56.1 Å². The summed E-state index contributed by atoms with van der Waals surface area (Å²) in [5, 5.41) is 15.6. The summed E-state index contributed by atoms with van der Waals surface area (Å²) in [5.41, 5.74) is 6.50. The first-order valence-electron chi connectivity index (χ1n) is 16.5. The molecule has 4 aliphatic heterocycles. The molecule has 0 unspecified atom stereocenters. The Bertz CT molecular complexity index is 1790. The normalized spacial score (nSPS) is 22.5. The number of phenolic OH excluding ortho intramolecular Hbond substituents is 1. The number of amides is 2. The van der Waals surface area contributed by atoms with E-state index in [1.807, 2.05) is 30.3 Å². The molecule has 3 aromatic carbocycles. The molecule has 0 saturated carbocycles. The standard InChI is InChI=1S/C35H40FN7O3/c36-30-27(29-18-25(44)17-22-5-1-2-6-26(22)29)9-10-28-31(30)39-34(46-21-35-11-3-14-42(35)15-4-12-35)40-32(28)41-19-23-7-8-24(20-41)43(23)16-13-38-33(37)45/h1-2,5-6,9-10,17-18,23-24,44H,3-4,7-8,11-16,19-21H2,(H3,37,38,45)/t23-,24+. The Balaban J connectivity index is 1.18. The van der Waals surface area contributed by atoms with Crippen molar-refractivity contribution in [3.05, 3.63) is 54.3 Å². The number of rotatable bonds is 8. The molecule has 5 heterocycles. The molecule has 10 nitrogen and oxygen atoms in total. The molecule has 240 valence electrons. The number of piperazine rings is 1. The highest BCUT2D eigenvalue weighted by atomic mass is 19.1. The van der Waals surface area contributed by atoms with Crippen molar-refractivity contribution in [3.63, 3.8) is 0 Å². The molecular formula is C35H40FN7O3. The number of primary amides is 1. The van der Waals surface area contributed by atoms with E-state index in [1.54, 1.807) is 18.2 Å². The molecule has 0 radical (unpaired) electrons. The molecule has 4 fully saturated rings. The van der Waals surface area contributed by atoms with Crippen LogP contribution in [0.2, 0.25) is 0 Å². The molecule has 2 amide bonds. The Kier molecular flexibility index (Phi) is 7.33. The van der Waals surface area contributed by atoms with Crippen molar-refractivity contribution in [3.8, 4) is 22.9 Å². The summed E-state index contributed by atoms with van der Waals surface area (Å²) in [6.07, 6.45) is 6.59. The third-order valence-electron chi connectivity index (χ3n) is 10.8. The number of aromatic nitrogens is 2. The number of halogens is 1. The van der Waals surface area contributed by atoms with Gasteiger partial charge in [-0.1, -0.05) is 30.3 Å². The van der Waals surface area contributed by atoms with Gasteiger partial charge in [-0.15, -0.1) is 0 Å². The second kappa shape index (κ2) is 11.5. The maximum Gasteiger partial charge on any atom is 0.319 e. The zero-order chi connectivity index (χ0) is 31.4. The molecule has 0 spiro atoms. The Morgan fingerprint density at radius 3 is 2.54 bits per heavy atom. The average molecular weight is 626 g/mol. The first-order chi connectivity index (χ1) is 22.4. The van der Waals surface area contributed by atoms with Gasteiger partial charge in [0.05, 0.1) is 5.54 Å². The fourth-order valence-corrected chi connectivity index (χ4v) is 8.65. The Hall–Kier alpha value is -4.22. The minimum absolute atomic E-state index is 0.00301. The number of benzene rings is 3. The maximum absolute atomic E-state index is 16.8. The van der Waals surface area contributed by atoms with E-state index in [9.17, 15) is 9.90 Å². The van der Waals surface area contributed by atoms with Crippen LogP contribution in [0.1, 0.15) is 38.5 Å². The molecular weight excluding hydrogens is 585 g/mol. The first kappa shape index (κ1) is 29.2. The van der Waals surface area contributed by atoms with Crippen molar-refractivity contribution in [2.24, 2.45) is 5.73 Å². The minimum atomic E-state index is -0.510. The van der Waals surface area contributed by atoms with Crippen molar-refractivity contribution in [2.75, 3.05) is 50.8 Å². The highest BCUT2D eigenvalue weighted by Crippen LogP contribution is 2.42. The molecule has 11 heteroatoms. The monoisotopic (exact) mass is 625 g/mol. The number of carbonyl (C=O) groups is 1. The number of aromatic hydroxyl groups is 1. The van der Waals surface area contributed by atoms with Crippen LogP contribution in [0.25, 0.3) is 32.8 Å². The number of hydrogen-bond acceptors (Lipinski definition) is 8. The number of anilines is 1. The zero-order valence-electron chi connectivity index (χ0n) is 25.9. The van der Waals surface area contributed by atoms with Gasteiger partial charge in [0.15, 0.2) is 5.82 Å². The minimum Gasteiger partial charge on any atom is -0.508 e. The first-order valence-corrected chi connectivity index (χ1v) is 16.5. The predicted octanol–water partition coefficient (Wildman–Crippen LogP) is 4.62. The van der Waals surface area contributed by atoms with Gasteiger partial charge in [-0.3, -0.25) is 9.80 Å². The van der Waals surface area contributed by atoms with Gasteiger partial charge >= 0.3 is 12.0 Å². The number of carbonyl (C=O) groups excluding carboxylic acids is 1. The van der Waals surface area contributed by atoms with Crippen LogP contribution in [0.5, 0.6) is 11.8 Å². The van der Waals surface area contributed by atoms with Crippen LogP contribution in [0.4, 0.5) is 15.0 Å². The summed E-state index contributed by atoms with van der Waals surface area (Å²) in [7, 11) is 0. The van der Waals surface area contributed by atoms with Gasteiger partial charge in [-0.25, -0.2) is 9.18 Å². The second-order valence-corrected chi connectivity index (χ2v) is 13.4. The Morgan fingerprint density at radius 2 is 1.78 bits per heavy atom. The number of fused-ring (bicyclic) bond motifs is 5. The molecule has 4 aliphatic rings. The molecule has 46 heavy (non-hydrogen) atoms. The number of phenols is 1. The van der Waals surface area contributed by atoms with Gasteiger partial charge < -0.3 is 25.8 Å². The molecule has 0 aliphatic carbocycles. The molecule has 2 atom stereocenters. The van der Waals surface area contributed by atoms with E-state index in [-0.39, 0.29) is 34.9 Å². The van der Waals surface area contributed by atoms with Crippen LogP contribution in [0.3, 0.4) is 0 Å². The largest absolute Gasteiger partial charge is 0.508 e. The van der Waals surface area contributed by atoms with Gasteiger partial charge in [-0.05, 0) is 86.1 Å². The predicted molar refractivity (Wildman–Crippen MR) is 176 cm³/mol. The Morgan fingerprint density at radius 1 is 1.02 bits per heavy atom. The summed E-state index contributed by atoms with van der Waals surface area (Å²) in [5.74, 6) is 0.310. The number of urea groups is 1. The van der Waals surface area contributed by atoms with Crippen LogP contribution in [0.15, 0.2) is 48.5 Å². The van der Waals surface area contributed by atoms with Crippen molar-refractivity contribution in [1.82, 2.24) is 25.1 Å². The third kappa shape index (κ3) is 5.06. The lowest BCUT2D eigenvalue weighted by Gasteiger charge is -2.42. The number of nitrogens with two attached hydrogens (primary N) is 1. The number of hydrogen-bond donors (Lipinski definition) is 3. The molecule has 1 aromatic heterocycles. The topological polar surface area (TPSA) is 120 Å². The summed E-state index contributed by atoms with van der Waals surface area (Å²) < 4.78 is 23.3. The third-order valence-corrected chi connectivity index (χ3v) is 10.8. The summed E-state index contributed by atoms with van der Waals surface area (Å²) in [6.45, 7) is 5.37. The molecule has 2 bridgehead atoms. The van der Waals surface area contributed by atoms with Crippen molar-refractivity contribution >= 4 is 33.5 Å². The van der Waals surface area contributed by atoms with Gasteiger partial charge in [0.25, 0.3) is 0 Å². The van der Waals surface area contributed by atoms with E-state index >= 15 is 4.39 Å². The van der Waals surface area contributed by atoms with Gasteiger partial charge in [-0.2, -0.15) is 9.97 Å². The van der Waals surface area contributed by atoms with E-state index in [0.717, 1.165) is 82.0 Å². The van der Waals surface area contributed by atoms with Crippen LogP contribution < -0.4 is 20.7 Å². The highest BCUT2D eigenvalue weighted by Gasteiger charge is 2.45. The molecule has 4 saturated heterocycles. The number of ether oxygens (including phenoxy) is 1. The van der Waals surface area contributed by atoms with Crippen LogP contribution in [-0.2, 0) is 0 Å². The summed E-state index contributed by atoms with van der Waals surface area (Å²) >= 11 is 0. The van der Waals surface area contributed by atoms with Gasteiger partial charge in [0.2, 0.25) is 0 Å². The fraction of sp³-hybridized carbons (Fsp3) is 0.457. The highest BCUT2D eigenvalue weighted by molar-refractivity contribution is 6.01. The quantitative estimate of drug-likeness (QED) is 0.260. The summed E-state index contributed by atoms with van der Waals surface area (Å²) in [6, 6.07) is 14.9. The van der Waals surface area contributed by atoms with E-state index in [0.29, 0.717) is 35.5 Å². The zero-order valence-corrected chi connectivity index (χ0v) is 25.9. The summed E-state index contributed by atoms with van der Waals surface area (Å²) in [4.78, 5) is 28.2. The lowest BCUT2D eigenvalue weighted by molar-refractivity contribution is 0.107. The van der Waals surface area contributed by atoms with Gasteiger partial charge in [0.1, 0.15) is 23.7 Å². The smallest absolute Gasteiger partial charge is 0.319 e. The number of nitrogens with one attached hydrogen (secondary N) is 1. The van der Waals surface area contributed by atoms with E-state index in [4.69, 9.17) is 20.4 Å². The molecule has 4 aromatic rings. The molecule has 8 rings (SSSR count). The van der Waals surface area contributed by atoms with E-state index in [2.05, 4.69) is 20.0 Å². The van der Waals surface area contributed by atoms with Crippen LogP contribution in [0, 0.1) is 5.82 Å². The number of nitrogens with zero attached hydrogens (tertiary/aromatic N) is 5. The SMILES string of the molecule is NC(=O)NCCN1[C@@H]2CC[C@H]1CN(c1nc(OCC34CCCN3CCC4)nc3c(F)c(-c4cc(O)cc5ccccc45)ccc13)C2. The lowest BCUT2D eigenvalue weighted by Crippen LogP contribution is -2.55. The lowest BCUT2D eigenvalue weighted by atomic mass is 9.95. The van der Waals surface area contributed by atoms with E-state index < -0.39 is 11.8 Å². The molecule has 4 N–H and O–H groups in total. The van der Waals surface area contributed by atoms with E-state index in [1.165, 1.54) is 0 Å². The average Bonchev–Trinajstić information content (AvgIpc) is 3.69. The van der Waals surface area contributed by atoms with Gasteiger partial charge in [0, 0.05) is 49.2 Å². The maximum atomic E-state index is 16.8. The Labute approximate surface area is 267 Å². The van der Waals surface area contributed by atoms with Crippen LogP contribution >= 0.6 is 0 Å². The second-order valence-electron chi connectivity index (χ2n) is 13.4.